The number of aryl methyl sites for hydroxylation is 1. The molecule has 3 nitrogen and oxygen atoms in total. The van der Waals surface area contributed by atoms with Crippen molar-refractivity contribution in [2.24, 2.45) is 0 Å². The highest BCUT2D eigenvalue weighted by atomic mass is 32.2. The summed E-state index contributed by atoms with van der Waals surface area (Å²) >= 11 is 2.51. The maximum absolute atomic E-state index is 12.7. The van der Waals surface area contributed by atoms with Crippen molar-refractivity contribution in [3.05, 3.63) is 28.8 Å². The first-order valence-electron chi connectivity index (χ1n) is 5.25. The molecule has 0 fully saturated rings. The smallest absolute Gasteiger partial charge is 0.373 e. The first-order chi connectivity index (χ1) is 8.88. The van der Waals surface area contributed by atoms with Crippen LogP contribution in [0, 0.1) is 6.92 Å². The Morgan fingerprint density at radius 1 is 1.26 bits per heavy atom. The third kappa shape index (κ3) is 3.60. The van der Waals surface area contributed by atoms with Crippen LogP contribution in [0.2, 0.25) is 0 Å². The largest absolute Gasteiger partial charge is 0.416 e. The highest BCUT2D eigenvalue weighted by Gasteiger charge is 2.31. The van der Waals surface area contributed by atoms with Gasteiger partial charge in [-0.1, -0.05) is 0 Å². The highest BCUT2D eigenvalue weighted by molar-refractivity contribution is 8.01. The third-order valence-corrected chi connectivity index (χ3v) is 4.15. The molecule has 0 atom stereocenters. The van der Waals surface area contributed by atoms with Crippen LogP contribution in [0.1, 0.15) is 11.3 Å². The van der Waals surface area contributed by atoms with Crippen LogP contribution in [0.4, 0.5) is 19.0 Å². The molecule has 0 bridgehead atoms. The van der Waals surface area contributed by atoms with E-state index in [9.17, 15) is 13.2 Å². The summed E-state index contributed by atoms with van der Waals surface area (Å²) in [5, 5.41) is 4.74. The molecule has 19 heavy (non-hydrogen) atoms. The van der Waals surface area contributed by atoms with Gasteiger partial charge >= 0.3 is 6.18 Å². The Morgan fingerprint density at radius 3 is 2.53 bits per heavy atom. The molecule has 0 spiro atoms. The van der Waals surface area contributed by atoms with Crippen molar-refractivity contribution in [2.45, 2.75) is 22.5 Å². The number of halogens is 3. The van der Waals surface area contributed by atoms with E-state index in [1.165, 1.54) is 18.4 Å². The summed E-state index contributed by atoms with van der Waals surface area (Å²) in [6, 6.07) is 2.01. The van der Waals surface area contributed by atoms with E-state index in [4.69, 9.17) is 0 Å². The minimum atomic E-state index is -4.39. The maximum atomic E-state index is 12.7. The second-order valence-electron chi connectivity index (χ2n) is 3.68. The van der Waals surface area contributed by atoms with Gasteiger partial charge in [-0.25, -0.2) is 9.97 Å². The minimum absolute atomic E-state index is 0.186. The van der Waals surface area contributed by atoms with Crippen molar-refractivity contribution in [2.75, 3.05) is 12.4 Å². The van der Waals surface area contributed by atoms with Gasteiger partial charge in [0, 0.05) is 18.1 Å². The normalized spacial score (nSPS) is 11.6. The molecule has 0 saturated carbocycles. The first-order valence-corrected chi connectivity index (χ1v) is 6.95. The number of pyridine rings is 1. The summed E-state index contributed by atoms with van der Waals surface area (Å²) in [6.07, 6.45) is -4.39. The number of anilines is 1. The van der Waals surface area contributed by atoms with Crippen molar-refractivity contribution in [3.63, 3.8) is 0 Å². The second-order valence-corrected chi connectivity index (χ2v) is 5.81. The van der Waals surface area contributed by atoms with Crippen LogP contribution in [0.3, 0.4) is 0 Å². The average molecular weight is 305 g/mol. The molecule has 2 rings (SSSR count). The van der Waals surface area contributed by atoms with Gasteiger partial charge < -0.3 is 5.32 Å². The number of thiazole rings is 1. The Kier molecular flexibility index (Phi) is 4.00. The quantitative estimate of drug-likeness (QED) is 0.928. The number of rotatable bonds is 3. The lowest BCUT2D eigenvalue weighted by atomic mass is 10.2. The van der Waals surface area contributed by atoms with Crippen LogP contribution in [0.25, 0.3) is 0 Å². The molecule has 0 radical (unpaired) electrons. The molecule has 8 heteroatoms. The van der Waals surface area contributed by atoms with Gasteiger partial charge in [0.25, 0.3) is 0 Å². The molecule has 0 aliphatic carbocycles. The zero-order valence-electron chi connectivity index (χ0n) is 10.1. The Balaban J connectivity index is 2.34. The van der Waals surface area contributed by atoms with Gasteiger partial charge in [-0.2, -0.15) is 13.2 Å². The zero-order valence-corrected chi connectivity index (χ0v) is 11.7. The molecule has 102 valence electrons. The second kappa shape index (κ2) is 5.38. The van der Waals surface area contributed by atoms with E-state index in [2.05, 4.69) is 15.3 Å². The SMILES string of the molecule is CNc1cc(C(F)(F)F)cc(Sc2nc(C)cs2)n1. The fourth-order valence-electron chi connectivity index (χ4n) is 1.32. The van der Waals surface area contributed by atoms with Crippen molar-refractivity contribution >= 4 is 28.9 Å². The lowest BCUT2D eigenvalue weighted by Gasteiger charge is -2.10. The van der Waals surface area contributed by atoms with Crippen molar-refractivity contribution < 1.29 is 13.2 Å². The fourth-order valence-corrected chi connectivity index (χ4v) is 3.13. The topological polar surface area (TPSA) is 37.8 Å². The van der Waals surface area contributed by atoms with E-state index >= 15 is 0 Å². The molecular weight excluding hydrogens is 295 g/mol. The highest BCUT2D eigenvalue weighted by Crippen LogP contribution is 2.35. The van der Waals surface area contributed by atoms with E-state index in [1.807, 2.05) is 12.3 Å². The van der Waals surface area contributed by atoms with Crippen molar-refractivity contribution in [1.82, 2.24) is 9.97 Å². The monoisotopic (exact) mass is 305 g/mol. The summed E-state index contributed by atoms with van der Waals surface area (Å²) < 4.78 is 38.9. The lowest BCUT2D eigenvalue weighted by Crippen LogP contribution is -2.07. The Morgan fingerprint density at radius 2 is 2.00 bits per heavy atom. The van der Waals surface area contributed by atoms with E-state index in [0.717, 1.165) is 29.6 Å². The summed E-state index contributed by atoms with van der Waals surface area (Å²) in [7, 11) is 1.53. The van der Waals surface area contributed by atoms with E-state index in [0.29, 0.717) is 4.34 Å². The number of hydrogen-bond donors (Lipinski definition) is 1. The maximum Gasteiger partial charge on any atom is 0.416 e. The van der Waals surface area contributed by atoms with Crippen molar-refractivity contribution in [1.29, 1.82) is 0 Å². The molecule has 0 aliphatic heterocycles. The Hall–Kier alpha value is -1.28. The molecule has 2 heterocycles. The predicted molar refractivity (Wildman–Crippen MR) is 69.8 cm³/mol. The van der Waals surface area contributed by atoms with E-state index < -0.39 is 11.7 Å². The van der Waals surface area contributed by atoms with Crippen LogP contribution in [0.15, 0.2) is 26.9 Å². The molecule has 0 amide bonds. The van der Waals surface area contributed by atoms with E-state index in [-0.39, 0.29) is 10.8 Å². The molecule has 2 aromatic rings. The number of alkyl halides is 3. The van der Waals surface area contributed by atoms with Gasteiger partial charge in [0.1, 0.15) is 10.8 Å². The summed E-state index contributed by atoms with van der Waals surface area (Å²) in [5.41, 5.74) is 0.121. The molecule has 0 unspecified atom stereocenters. The number of nitrogens with zero attached hydrogens (tertiary/aromatic N) is 2. The standard InChI is InChI=1S/C11H10F3N3S2/c1-6-5-18-10(16-6)19-9-4-7(11(12,13)14)3-8(15-2)17-9/h3-5H,1-2H3,(H,15,17). The molecule has 1 N–H and O–H groups in total. The Bertz CT molecular complexity index is 581. The number of nitrogens with one attached hydrogen (secondary N) is 1. The fraction of sp³-hybridized carbons (Fsp3) is 0.273. The van der Waals surface area contributed by atoms with Gasteiger partial charge in [0.15, 0.2) is 4.34 Å². The predicted octanol–water partition coefficient (Wildman–Crippen LogP) is 4.06. The van der Waals surface area contributed by atoms with Crippen LogP contribution < -0.4 is 5.32 Å². The average Bonchev–Trinajstić information content (AvgIpc) is 2.73. The van der Waals surface area contributed by atoms with Gasteiger partial charge in [0.2, 0.25) is 0 Å². The summed E-state index contributed by atoms with van der Waals surface area (Å²) in [4.78, 5) is 8.28. The van der Waals surface area contributed by atoms with Crippen LogP contribution in [-0.2, 0) is 6.18 Å². The Labute approximate surface area is 116 Å². The summed E-state index contributed by atoms with van der Waals surface area (Å²) in [6.45, 7) is 1.83. The molecule has 0 aromatic carbocycles. The summed E-state index contributed by atoms with van der Waals surface area (Å²) in [5.74, 6) is 0.186. The van der Waals surface area contributed by atoms with E-state index in [1.54, 1.807) is 0 Å². The lowest BCUT2D eigenvalue weighted by molar-refractivity contribution is -0.137. The van der Waals surface area contributed by atoms with Gasteiger partial charge in [-0.3, -0.25) is 0 Å². The van der Waals surface area contributed by atoms with Crippen molar-refractivity contribution in [3.8, 4) is 0 Å². The molecule has 0 aliphatic rings. The van der Waals surface area contributed by atoms with Gasteiger partial charge in [-0.15, -0.1) is 11.3 Å². The van der Waals surface area contributed by atoms with Crippen LogP contribution >= 0.6 is 23.1 Å². The van der Waals surface area contributed by atoms with Gasteiger partial charge in [-0.05, 0) is 30.8 Å². The minimum Gasteiger partial charge on any atom is -0.373 e. The third-order valence-electron chi connectivity index (χ3n) is 2.18. The zero-order chi connectivity index (χ0) is 14.0. The van der Waals surface area contributed by atoms with Crippen LogP contribution in [0.5, 0.6) is 0 Å². The number of aromatic nitrogens is 2. The molecular formula is C11H10F3N3S2. The molecule has 2 aromatic heterocycles. The number of hydrogen-bond acceptors (Lipinski definition) is 5. The first kappa shape index (κ1) is 14.1. The van der Waals surface area contributed by atoms with Gasteiger partial charge in [0.05, 0.1) is 5.56 Å². The molecule has 0 saturated heterocycles. The van der Waals surface area contributed by atoms with Crippen LogP contribution in [-0.4, -0.2) is 17.0 Å².